The number of unbranched alkanes of at least 4 members (excludes halogenated alkanes) is 4. The molecule has 1 aromatic rings. The summed E-state index contributed by atoms with van der Waals surface area (Å²) >= 11 is 0. The molecule has 0 spiro atoms. The second-order valence-corrected chi connectivity index (χ2v) is 5.49. The van der Waals surface area contributed by atoms with Crippen molar-refractivity contribution in [2.75, 3.05) is 6.61 Å². The third kappa shape index (κ3) is 7.16. The minimum atomic E-state index is -0.115. The highest BCUT2D eigenvalue weighted by atomic mass is 16.2. The van der Waals surface area contributed by atoms with Gasteiger partial charge >= 0.3 is 0 Å². The van der Waals surface area contributed by atoms with E-state index in [1.165, 1.54) is 31.2 Å². The van der Waals surface area contributed by atoms with Crippen LogP contribution < -0.4 is 0 Å². The van der Waals surface area contributed by atoms with Crippen LogP contribution in [0.5, 0.6) is 0 Å². The second-order valence-electron chi connectivity index (χ2n) is 5.49. The third-order valence-corrected chi connectivity index (χ3v) is 3.76. The van der Waals surface area contributed by atoms with Gasteiger partial charge in [0.2, 0.25) is 0 Å². The Bertz CT molecular complexity index is 424. The molecule has 0 radical (unpaired) electrons. The van der Waals surface area contributed by atoms with Crippen LogP contribution >= 0.6 is 0 Å². The summed E-state index contributed by atoms with van der Waals surface area (Å²) in [7, 11) is 0. The Balaban J connectivity index is 2.54. The molecule has 0 saturated carbocycles. The van der Waals surface area contributed by atoms with Gasteiger partial charge in [-0.1, -0.05) is 62.0 Å². The Labute approximate surface area is 127 Å². The van der Waals surface area contributed by atoms with Gasteiger partial charge < -0.3 is 5.11 Å². The number of benzene rings is 1. The third-order valence-electron chi connectivity index (χ3n) is 3.76. The van der Waals surface area contributed by atoms with Gasteiger partial charge in [-0.05, 0) is 42.3 Å². The molecular weight excluding hydrogens is 262 g/mol. The molecule has 0 fully saturated rings. The molecule has 0 amide bonds. The lowest BCUT2D eigenvalue weighted by Gasteiger charge is -2.12. The number of hydrogen-bond acceptors (Lipinski definition) is 2. The summed E-state index contributed by atoms with van der Waals surface area (Å²) in [6.45, 7) is 2.42. The molecule has 1 unspecified atom stereocenters. The molecule has 1 atom stereocenters. The standard InChI is InChI=1S/C17H27N3O/c1-2-3-4-5-8-15-10-12-16(13-11-15)17(19-20-18)9-6-7-14-21/h10-13,17,21H,2-9,14H2,1H3. The van der Waals surface area contributed by atoms with E-state index in [9.17, 15) is 0 Å². The zero-order chi connectivity index (χ0) is 15.3. The topological polar surface area (TPSA) is 69.0 Å². The normalized spacial score (nSPS) is 11.9. The van der Waals surface area contributed by atoms with E-state index in [4.69, 9.17) is 10.6 Å². The molecule has 0 aliphatic rings. The fourth-order valence-corrected chi connectivity index (χ4v) is 2.47. The highest BCUT2D eigenvalue weighted by Gasteiger charge is 2.09. The van der Waals surface area contributed by atoms with Crippen molar-refractivity contribution < 1.29 is 5.11 Å². The zero-order valence-corrected chi connectivity index (χ0v) is 13.0. The Kier molecular flexibility index (Phi) is 9.34. The Morgan fingerprint density at radius 1 is 1.10 bits per heavy atom. The van der Waals surface area contributed by atoms with Gasteiger partial charge in [-0.25, -0.2) is 0 Å². The van der Waals surface area contributed by atoms with Gasteiger partial charge in [-0.15, -0.1) is 0 Å². The van der Waals surface area contributed by atoms with E-state index < -0.39 is 0 Å². The molecule has 0 aliphatic heterocycles. The maximum absolute atomic E-state index is 8.83. The summed E-state index contributed by atoms with van der Waals surface area (Å²) in [5.41, 5.74) is 11.1. The minimum absolute atomic E-state index is 0.115. The zero-order valence-electron chi connectivity index (χ0n) is 13.0. The molecule has 21 heavy (non-hydrogen) atoms. The molecule has 1 rings (SSSR count). The van der Waals surface area contributed by atoms with E-state index in [-0.39, 0.29) is 12.6 Å². The number of aryl methyl sites for hydroxylation is 1. The van der Waals surface area contributed by atoms with Crippen molar-refractivity contribution in [1.29, 1.82) is 0 Å². The molecular formula is C17H27N3O. The van der Waals surface area contributed by atoms with Crippen LogP contribution in [0.1, 0.15) is 69.0 Å². The first-order chi connectivity index (χ1) is 10.3. The van der Waals surface area contributed by atoms with Crippen molar-refractivity contribution in [3.05, 3.63) is 45.8 Å². The summed E-state index contributed by atoms with van der Waals surface area (Å²) in [6.07, 6.45) is 8.65. The molecule has 4 nitrogen and oxygen atoms in total. The molecule has 4 heteroatoms. The lowest BCUT2D eigenvalue weighted by Crippen LogP contribution is -1.97. The number of rotatable bonds is 11. The number of nitrogens with zero attached hydrogens (tertiary/aromatic N) is 3. The predicted octanol–water partition coefficient (Wildman–Crippen LogP) is 5.32. The number of aliphatic hydroxyl groups excluding tert-OH is 1. The average Bonchev–Trinajstić information content (AvgIpc) is 2.52. The molecule has 0 bridgehead atoms. The monoisotopic (exact) mass is 289 g/mol. The van der Waals surface area contributed by atoms with Gasteiger partial charge in [0.1, 0.15) is 0 Å². The van der Waals surface area contributed by atoms with Crippen molar-refractivity contribution in [3.8, 4) is 0 Å². The summed E-state index contributed by atoms with van der Waals surface area (Å²) in [5.74, 6) is 0. The van der Waals surface area contributed by atoms with Crippen LogP contribution in [-0.4, -0.2) is 11.7 Å². The fourth-order valence-electron chi connectivity index (χ4n) is 2.47. The summed E-state index contributed by atoms with van der Waals surface area (Å²) < 4.78 is 0. The maximum Gasteiger partial charge on any atom is 0.0625 e. The SMILES string of the molecule is CCCCCCc1ccc(C(CCCCO)N=[N+]=[N-])cc1. The lowest BCUT2D eigenvalue weighted by molar-refractivity contribution is 0.281. The van der Waals surface area contributed by atoms with Crippen molar-refractivity contribution in [3.63, 3.8) is 0 Å². The second kappa shape index (κ2) is 11.2. The van der Waals surface area contributed by atoms with Gasteiger partial charge in [-0.3, -0.25) is 0 Å². The van der Waals surface area contributed by atoms with E-state index in [1.807, 2.05) is 0 Å². The first-order valence-electron chi connectivity index (χ1n) is 8.05. The molecule has 0 heterocycles. The molecule has 1 aromatic carbocycles. The Morgan fingerprint density at radius 2 is 1.86 bits per heavy atom. The first kappa shape index (κ1) is 17.5. The van der Waals surface area contributed by atoms with Crippen molar-refractivity contribution in [2.45, 2.75) is 64.3 Å². The first-order valence-corrected chi connectivity index (χ1v) is 8.05. The Morgan fingerprint density at radius 3 is 2.48 bits per heavy atom. The largest absolute Gasteiger partial charge is 0.396 e. The molecule has 0 aliphatic carbocycles. The van der Waals surface area contributed by atoms with Crippen molar-refractivity contribution in [2.24, 2.45) is 5.11 Å². The van der Waals surface area contributed by atoms with Crippen molar-refractivity contribution in [1.82, 2.24) is 0 Å². The van der Waals surface area contributed by atoms with Crippen molar-refractivity contribution >= 4 is 0 Å². The lowest BCUT2D eigenvalue weighted by atomic mass is 9.99. The molecule has 0 saturated heterocycles. The van der Waals surface area contributed by atoms with Gasteiger partial charge in [0, 0.05) is 11.5 Å². The van der Waals surface area contributed by atoms with E-state index in [0.717, 1.165) is 31.2 Å². The van der Waals surface area contributed by atoms with E-state index in [1.54, 1.807) is 0 Å². The average molecular weight is 289 g/mol. The summed E-state index contributed by atoms with van der Waals surface area (Å²) in [4.78, 5) is 2.95. The van der Waals surface area contributed by atoms with Crippen LogP contribution in [0.25, 0.3) is 10.4 Å². The maximum atomic E-state index is 8.83. The van der Waals surface area contributed by atoms with Crippen LogP contribution in [0.4, 0.5) is 0 Å². The predicted molar refractivity (Wildman–Crippen MR) is 87.1 cm³/mol. The number of azide groups is 1. The highest BCUT2D eigenvalue weighted by Crippen LogP contribution is 2.24. The van der Waals surface area contributed by atoms with Gasteiger partial charge in [-0.2, -0.15) is 0 Å². The number of hydrogen-bond donors (Lipinski definition) is 1. The number of aliphatic hydroxyl groups is 1. The van der Waals surface area contributed by atoms with Crippen LogP contribution in [0.2, 0.25) is 0 Å². The van der Waals surface area contributed by atoms with E-state index in [2.05, 4.69) is 41.2 Å². The van der Waals surface area contributed by atoms with E-state index in [0.29, 0.717) is 0 Å². The highest BCUT2D eigenvalue weighted by molar-refractivity contribution is 5.25. The summed E-state index contributed by atoms with van der Waals surface area (Å²) in [5, 5.41) is 12.7. The fraction of sp³-hybridized carbons (Fsp3) is 0.647. The molecule has 1 N–H and O–H groups in total. The van der Waals surface area contributed by atoms with Crippen LogP contribution in [-0.2, 0) is 6.42 Å². The van der Waals surface area contributed by atoms with E-state index >= 15 is 0 Å². The van der Waals surface area contributed by atoms with Gasteiger partial charge in [0.15, 0.2) is 0 Å². The quantitative estimate of drug-likeness (QED) is 0.254. The molecule has 116 valence electrons. The van der Waals surface area contributed by atoms with Crippen LogP contribution in [0.15, 0.2) is 29.4 Å². The van der Waals surface area contributed by atoms with Gasteiger partial charge in [0.05, 0.1) is 6.04 Å². The minimum Gasteiger partial charge on any atom is -0.396 e. The Hall–Kier alpha value is -1.51. The summed E-state index contributed by atoms with van der Waals surface area (Å²) in [6, 6.07) is 8.33. The van der Waals surface area contributed by atoms with Crippen LogP contribution in [0, 0.1) is 0 Å². The van der Waals surface area contributed by atoms with Gasteiger partial charge in [0.25, 0.3) is 0 Å². The molecule has 0 aromatic heterocycles. The van der Waals surface area contributed by atoms with Crippen LogP contribution in [0.3, 0.4) is 0 Å². The smallest absolute Gasteiger partial charge is 0.0625 e.